The predicted octanol–water partition coefficient (Wildman–Crippen LogP) is 1.49. The minimum Gasteiger partial charge on any atom is -0.496 e. The number of rotatable bonds is 6. The third kappa shape index (κ3) is 3.45. The molecule has 0 bridgehead atoms. The van der Waals surface area contributed by atoms with E-state index in [9.17, 15) is 4.79 Å². The molecular formula is C14H22N2O3. The van der Waals surface area contributed by atoms with Crippen LogP contribution in [0.25, 0.3) is 0 Å². The highest BCUT2D eigenvalue weighted by Gasteiger charge is 2.25. The van der Waals surface area contributed by atoms with Gasteiger partial charge in [-0.2, -0.15) is 0 Å². The maximum atomic E-state index is 11.1. The molecule has 0 aliphatic carbocycles. The van der Waals surface area contributed by atoms with Crippen molar-refractivity contribution >= 4 is 5.97 Å². The molecule has 0 aliphatic rings. The van der Waals surface area contributed by atoms with Gasteiger partial charge in [0, 0.05) is 0 Å². The Kier molecular flexibility index (Phi) is 5.32. The number of carboxylic acids is 1. The van der Waals surface area contributed by atoms with Gasteiger partial charge in [-0.15, -0.1) is 0 Å². The van der Waals surface area contributed by atoms with Crippen LogP contribution in [0.4, 0.5) is 0 Å². The summed E-state index contributed by atoms with van der Waals surface area (Å²) in [5.74, 6) is 0.110. The number of hydrogen-bond donors (Lipinski definition) is 3. The van der Waals surface area contributed by atoms with Crippen LogP contribution in [0.5, 0.6) is 5.75 Å². The molecule has 0 radical (unpaired) electrons. The van der Waals surface area contributed by atoms with E-state index in [1.54, 1.807) is 14.2 Å². The number of nitrogens with two attached hydrogens (primary N) is 1. The molecule has 2 unspecified atom stereocenters. The van der Waals surface area contributed by atoms with E-state index in [0.717, 1.165) is 16.9 Å². The molecule has 0 heterocycles. The molecule has 0 aliphatic heterocycles. The summed E-state index contributed by atoms with van der Waals surface area (Å²) >= 11 is 0. The van der Waals surface area contributed by atoms with Gasteiger partial charge in [-0.25, -0.2) is 0 Å². The van der Waals surface area contributed by atoms with Gasteiger partial charge in [0.05, 0.1) is 13.2 Å². The molecule has 106 valence electrons. The van der Waals surface area contributed by atoms with E-state index in [-0.39, 0.29) is 5.92 Å². The largest absolute Gasteiger partial charge is 0.496 e. The number of methoxy groups -OCH3 is 1. The van der Waals surface area contributed by atoms with Gasteiger partial charge in [-0.05, 0) is 30.2 Å². The van der Waals surface area contributed by atoms with Crippen LogP contribution in [0.3, 0.4) is 0 Å². The molecule has 0 spiro atoms. The number of ether oxygens (including phenoxy) is 1. The molecule has 0 saturated heterocycles. The number of aliphatic carboxylic acids is 1. The Morgan fingerprint density at radius 3 is 2.47 bits per heavy atom. The molecule has 1 rings (SSSR count). The van der Waals surface area contributed by atoms with E-state index in [2.05, 4.69) is 19.2 Å². The monoisotopic (exact) mass is 266 g/mol. The lowest BCUT2D eigenvalue weighted by molar-refractivity contribution is -0.139. The summed E-state index contributed by atoms with van der Waals surface area (Å²) in [6.07, 6.45) is 0. The van der Waals surface area contributed by atoms with E-state index in [1.807, 2.05) is 18.2 Å². The minimum absolute atomic E-state index is 0.278. The topological polar surface area (TPSA) is 84.6 Å². The second-order valence-corrected chi connectivity index (χ2v) is 4.79. The van der Waals surface area contributed by atoms with Crippen LogP contribution in [0.2, 0.25) is 0 Å². The lowest BCUT2D eigenvalue weighted by atomic mass is 9.94. The van der Waals surface area contributed by atoms with Gasteiger partial charge in [-0.1, -0.05) is 26.0 Å². The van der Waals surface area contributed by atoms with Gasteiger partial charge in [0.2, 0.25) is 0 Å². The molecule has 0 aromatic heterocycles. The number of benzene rings is 1. The van der Waals surface area contributed by atoms with Crippen molar-refractivity contribution in [2.45, 2.75) is 31.8 Å². The Morgan fingerprint density at radius 2 is 2.05 bits per heavy atom. The lowest BCUT2D eigenvalue weighted by Gasteiger charge is -2.22. The predicted molar refractivity (Wildman–Crippen MR) is 74.5 cm³/mol. The number of hydrogen-bond acceptors (Lipinski definition) is 4. The van der Waals surface area contributed by atoms with Gasteiger partial charge in [-0.3, -0.25) is 4.79 Å². The molecular weight excluding hydrogens is 244 g/mol. The first-order valence-corrected chi connectivity index (χ1v) is 6.25. The molecule has 0 fully saturated rings. The summed E-state index contributed by atoms with van der Waals surface area (Å²) in [4.78, 5) is 11.1. The Hall–Kier alpha value is -1.59. The second kappa shape index (κ2) is 6.54. The fourth-order valence-electron chi connectivity index (χ4n) is 2.06. The highest BCUT2D eigenvalue weighted by atomic mass is 16.5. The molecule has 1 aromatic carbocycles. The molecule has 4 N–H and O–H groups in total. The Bertz CT molecular complexity index is 446. The first-order valence-electron chi connectivity index (χ1n) is 6.25. The zero-order chi connectivity index (χ0) is 14.6. The van der Waals surface area contributed by atoms with Crippen LogP contribution in [-0.2, 0) is 4.79 Å². The highest BCUT2D eigenvalue weighted by molar-refractivity contribution is 5.74. The Morgan fingerprint density at radius 1 is 1.42 bits per heavy atom. The van der Waals surface area contributed by atoms with Crippen LogP contribution >= 0.6 is 0 Å². The van der Waals surface area contributed by atoms with Crippen LogP contribution in [-0.4, -0.2) is 31.3 Å². The number of carbonyl (C=O) groups is 1. The first kappa shape index (κ1) is 15.5. The standard InChI is InChI=1S/C14H22N2O3/c1-8(2)10-7-9(5-6-11(10)19-4)12(15)13(16-3)14(17)18/h5-8,12-13,16H,15H2,1-4H3,(H,17,18). The minimum atomic E-state index is -0.961. The zero-order valence-electron chi connectivity index (χ0n) is 11.8. The van der Waals surface area contributed by atoms with E-state index in [0.29, 0.717) is 0 Å². The molecule has 5 nitrogen and oxygen atoms in total. The third-order valence-electron chi connectivity index (χ3n) is 3.20. The SMILES string of the molecule is CNC(C(=O)O)C(N)c1ccc(OC)c(C(C)C)c1. The molecule has 1 aromatic rings. The lowest BCUT2D eigenvalue weighted by Crippen LogP contribution is -2.43. The summed E-state index contributed by atoms with van der Waals surface area (Å²) < 4.78 is 5.30. The summed E-state index contributed by atoms with van der Waals surface area (Å²) in [7, 11) is 3.21. The van der Waals surface area contributed by atoms with Crippen LogP contribution in [0.15, 0.2) is 18.2 Å². The second-order valence-electron chi connectivity index (χ2n) is 4.79. The Balaban J connectivity index is 3.14. The van der Waals surface area contributed by atoms with Crippen molar-refractivity contribution in [3.63, 3.8) is 0 Å². The van der Waals surface area contributed by atoms with Crippen molar-refractivity contribution < 1.29 is 14.6 Å². The summed E-state index contributed by atoms with van der Waals surface area (Å²) in [6, 6.07) is 4.14. The maximum Gasteiger partial charge on any atom is 0.322 e. The highest BCUT2D eigenvalue weighted by Crippen LogP contribution is 2.29. The zero-order valence-corrected chi connectivity index (χ0v) is 11.8. The van der Waals surface area contributed by atoms with Crippen molar-refractivity contribution in [3.05, 3.63) is 29.3 Å². The van der Waals surface area contributed by atoms with E-state index >= 15 is 0 Å². The molecule has 0 amide bonds. The third-order valence-corrected chi connectivity index (χ3v) is 3.20. The van der Waals surface area contributed by atoms with Gasteiger partial charge < -0.3 is 20.9 Å². The molecule has 2 atom stereocenters. The maximum absolute atomic E-state index is 11.1. The smallest absolute Gasteiger partial charge is 0.322 e. The van der Waals surface area contributed by atoms with Gasteiger partial charge in [0.25, 0.3) is 0 Å². The van der Waals surface area contributed by atoms with E-state index < -0.39 is 18.1 Å². The van der Waals surface area contributed by atoms with Crippen molar-refractivity contribution in [1.29, 1.82) is 0 Å². The molecule has 0 saturated carbocycles. The fraction of sp³-hybridized carbons (Fsp3) is 0.500. The van der Waals surface area contributed by atoms with Crippen molar-refractivity contribution in [3.8, 4) is 5.75 Å². The number of likely N-dealkylation sites (N-methyl/N-ethyl adjacent to an activating group) is 1. The van der Waals surface area contributed by atoms with E-state index in [4.69, 9.17) is 15.6 Å². The first-order chi connectivity index (χ1) is 8.92. The summed E-state index contributed by atoms with van der Waals surface area (Å²) in [5, 5.41) is 11.8. The number of nitrogens with one attached hydrogen (secondary N) is 1. The fourth-order valence-corrected chi connectivity index (χ4v) is 2.06. The van der Waals surface area contributed by atoms with Crippen molar-refractivity contribution in [2.24, 2.45) is 5.73 Å². The van der Waals surface area contributed by atoms with E-state index in [1.165, 1.54) is 0 Å². The summed E-state index contributed by atoms with van der Waals surface area (Å²) in [6.45, 7) is 4.11. The van der Waals surface area contributed by atoms with Crippen LogP contribution in [0.1, 0.15) is 36.9 Å². The molecule has 19 heavy (non-hydrogen) atoms. The number of carboxylic acid groups (broad SMARTS) is 1. The normalized spacial score (nSPS) is 14.2. The van der Waals surface area contributed by atoms with Crippen molar-refractivity contribution in [1.82, 2.24) is 5.32 Å². The average Bonchev–Trinajstić information content (AvgIpc) is 2.38. The quantitative estimate of drug-likeness (QED) is 0.726. The van der Waals surface area contributed by atoms with Gasteiger partial charge in [0.15, 0.2) is 0 Å². The Labute approximate surface area is 113 Å². The average molecular weight is 266 g/mol. The molecule has 5 heteroatoms. The van der Waals surface area contributed by atoms with Crippen LogP contribution < -0.4 is 15.8 Å². The van der Waals surface area contributed by atoms with Gasteiger partial charge in [0.1, 0.15) is 11.8 Å². The summed E-state index contributed by atoms with van der Waals surface area (Å²) in [5.41, 5.74) is 7.83. The van der Waals surface area contributed by atoms with Crippen molar-refractivity contribution in [2.75, 3.05) is 14.2 Å². The van der Waals surface area contributed by atoms with Gasteiger partial charge >= 0.3 is 5.97 Å². The van der Waals surface area contributed by atoms with Crippen LogP contribution in [0, 0.1) is 0 Å².